The van der Waals surface area contributed by atoms with Crippen LogP contribution < -0.4 is 0 Å². The van der Waals surface area contributed by atoms with Crippen LogP contribution in [0.25, 0.3) is 0 Å². The first-order valence-electron chi connectivity index (χ1n) is 3.77. The van der Waals surface area contributed by atoms with Crippen molar-refractivity contribution in [3.8, 4) is 12.3 Å². The Morgan fingerprint density at radius 3 is 2.91 bits per heavy atom. The van der Waals surface area contributed by atoms with Crippen LogP contribution in [0, 0.1) is 18.3 Å². The lowest BCUT2D eigenvalue weighted by molar-refractivity contribution is 0.617. The summed E-state index contributed by atoms with van der Waals surface area (Å²) in [6, 6.07) is 0. The summed E-state index contributed by atoms with van der Waals surface area (Å²) in [5.41, 5.74) is 0.980. The van der Waals surface area contributed by atoms with Gasteiger partial charge in [-0.15, -0.1) is 12.3 Å². The van der Waals surface area contributed by atoms with Gasteiger partial charge in [0.05, 0.1) is 0 Å². The Morgan fingerprint density at radius 1 is 1.82 bits per heavy atom. The third-order valence-corrected chi connectivity index (χ3v) is 1.41. The Bertz CT molecular complexity index is 184. The summed E-state index contributed by atoms with van der Waals surface area (Å²) in [5, 5.41) is 0. The van der Waals surface area contributed by atoms with Crippen LogP contribution in [-0.4, -0.2) is 12.3 Å². The molecule has 60 valence electrons. The Morgan fingerprint density at radius 2 is 2.45 bits per heavy atom. The van der Waals surface area contributed by atoms with E-state index in [2.05, 4.69) is 24.4 Å². The van der Waals surface area contributed by atoms with E-state index in [1.807, 2.05) is 6.92 Å². The molecule has 0 bridgehead atoms. The van der Waals surface area contributed by atoms with Crippen LogP contribution in [0.15, 0.2) is 17.6 Å². The predicted molar refractivity (Wildman–Crippen MR) is 50.8 cm³/mol. The van der Waals surface area contributed by atoms with Crippen molar-refractivity contribution < 1.29 is 0 Å². The van der Waals surface area contributed by atoms with E-state index in [4.69, 9.17) is 6.42 Å². The van der Waals surface area contributed by atoms with Crippen LogP contribution >= 0.6 is 0 Å². The molecule has 0 radical (unpaired) electrons. The molecule has 1 atom stereocenters. The fourth-order valence-corrected chi connectivity index (χ4v) is 0.630. The zero-order valence-corrected chi connectivity index (χ0v) is 7.30. The second-order valence-electron chi connectivity index (χ2n) is 2.70. The molecule has 1 heteroatoms. The monoisotopic (exact) mass is 149 g/mol. The quantitative estimate of drug-likeness (QED) is 0.429. The van der Waals surface area contributed by atoms with Crippen molar-refractivity contribution in [1.82, 2.24) is 0 Å². The highest BCUT2D eigenvalue weighted by Crippen LogP contribution is 2.00. The summed E-state index contributed by atoms with van der Waals surface area (Å²) >= 11 is 0. The van der Waals surface area contributed by atoms with E-state index in [1.165, 1.54) is 0 Å². The molecular formula is C10H15N. The molecule has 0 saturated carbocycles. The molecule has 11 heavy (non-hydrogen) atoms. The first kappa shape index (κ1) is 9.97. The van der Waals surface area contributed by atoms with Crippen molar-refractivity contribution in [2.45, 2.75) is 20.3 Å². The second-order valence-corrected chi connectivity index (χ2v) is 2.70. The van der Waals surface area contributed by atoms with Crippen LogP contribution in [0.2, 0.25) is 0 Å². The molecule has 0 aromatic heterocycles. The number of allylic oxidation sites excluding steroid dienone is 1. The van der Waals surface area contributed by atoms with Crippen molar-refractivity contribution >= 4 is 5.71 Å². The lowest BCUT2D eigenvalue weighted by atomic mass is 10.1. The number of nitrogens with zero attached hydrogens (tertiary/aromatic N) is 1. The minimum atomic E-state index is 0.481. The lowest BCUT2D eigenvalue weighted by Crippen LogP contribution is -1.99. The first-order chi connectivity index (χ1) is 5.20. The van der Waals surface area contributed by atoms with Crippen molar-refractivity contribution in [3.63, 3.8) is 0 Å². The molecule has 0 spiro atoms. The van der Waals surface area contributed by atoms with E-state index in [9.17, 15) is 0 Å². The zero-order valence-electron chi connectivity index (χ0n) is 7.30. The minimum Gasteiger partial charge on any atom is -0.290 e. The molecule has 0 amide bonds. The van der Waals surface area contributed by atoms with Gasteiger partial charge in [-0.2, -0.15) is 0 Å². The summed E-state index contributed by atoms with van der Waals surface area (Å²) in [6.07, 6.45) is 7.70. The number of hydrogen-bond donors (Lipinski definition) is 0. The van der Waals surface area contributed by atoms with Crippen LogP contribution in [0.4, 0.5) is 0 Å². The highest BCUT2D eigenvalue weighted by Gasteiger charge is 1.96. The van der Waals surface area contributed by atoms with Crippen LogP contribution in [0.5, 0.6) is 0 Å². The fraction of sp³-hybridized carbons (Fsp3) is 0.500. The molecule has 0 N–H and O–H groups in total. The van der Waals surface area contributed by atoms with E-state index in [0.717, 1.165) is 18.7 Å². The van der Waals surface area contributed by atoms with E-state index in [0.29, 0.717) is 5.92 Å². The van der Waals surface area contributed by atoms with E-state index >= 15 is 0 Å². The van der Waals surface area contributed by atoms with Gasteiger partial charge in [0.25, 0.3) is 0 Å². The van der Waals surface area contributed by atoms with Gasteiger partial charge in [-0.05, 0) is 18.9 Å². The number of terminal acetylenes is 1. The molecule has 0 aromatic rings. The molecule has 1 nitrogen and oxygen atoms in total. The Hall–Kier alpha value is -1.03. The van der Waals surface area contributed by atoms with Crippen LogP contribution in [0.3, 0.4) is 0 Å². The molecule has 0 heterocycles. The van der Waals surface area contributed by atoms with Gasteiger partial charge in [-0.1, -0.05) is 13.5 Å². The number of rotatable bonds is 4. The Balaban J connectivity index is 3.70. The van der Waals surface area contributed by atoms with Gasteiger partial charge in [0.15, 0.2) is 0 Å². The van der Waals surface area contributed by atoms with Crippen molar-refractivity contribution in [1.29, 1.82) is 0 Å². The van der Waals surface area contributed by atoms with Gasteiger partial charge in [0, 0.05) is 18.7 Å². The summed E-state index contributed by atoms with van der Waals surface area (Å²) in [6.45, 7) is 8.46. The van der Waals surface area contributed by atoms with E-state index in [1.54, 1.807) is 6.08 Å². The fourth-order valence-electron chi connectivity index (χ4n) is 0.630. The average molecular weight is 149 g/mol. The third-order valence-electron chi connectivity index (χ3n) is 1.41. The Labute approximate surface area is 69.2 Å². The summed E-state index contributed by atoms with van der Waals surface area (Å²) in [5.74, 6) is 3.10. The average Bonchev–Trinajstić information content (AvgIpc) is 2.01. The maximum Gasteiger partial charge on any atom is 0.0427 e. The van der Waals surface area contributed by atoms with E-state index in [-0.39, 0.29) is 0 Å². The minimum absolute atomic E-state index is 0.481. The highest BCUT2D eigenvalue weighted by atomic mass is 14.7. The third kappa shape index (κ3) is 5.42. The van der Waals surface area contributed by atoms with Gasteiger partial charge in [-0.25, -0.2) is 0 Å². The van der Waals surface area contributed by atoms with Crippen molar-refractivity contribution in [2.75, 3.05) is 6.54 Å². The summed E-state index contributed by atoms with van der Waals surface area (Å²) < 4.78 is 0. The maximum atomic E-state index is 5.15. The number of hydrogen-bond acceptors (Lipinski definition) is 1. The van der Waals surface area contributed by atoms with Gasteiger partial charge in [-0.3, -0.25) is 4.99 Å². The molecule has 0 saturated heterocycles. The largest absolute Gasteiger partial charge is 0.290 e. The maximum absolute atomic E-state index is 5.15. The van der Waals surface area contributed by atoms with Gasteiger partial charge in [0.1, 0.15) is 0 Å². The molecule has 0 aliphatic heterocycles. The molecule has 1 unspecified atom stereocenters. The SMILES string of the molecule is C#CCC(C)CN=C(C)C=C. The molecule has 0 rings (SSSR count). The Kier molecular flexibility index (Phi) is 5.20. The molecule has 0 fully saturated rings. The predicted octanol–water partition coefficient (Wildman–Crippen LogP) is 2.29. The molecule has 0 aliphatic carbocycles. The summed E-state index contributed by atoms with van der Waals surface area (Å²) in [7, 11) is 0. The lowest BCUT2D eigenvalue weighted by Gasteiger charge is -2.02. The van der Waals surface area contributed by atoms with Gasteiger partial charge < -0.3 is 0 Å². The van der Waals surface area contributed by atoms with Crippen molar-refractivity contribution in [3.05, 3.63) is 12.7 Å². The topological polar surface area (TPSA) is 12.4 Å². The molecular weight excluding hydrogens is 134 g/mol. The van der Waals surface area contributed by atoms with E-state index < -0.39 is 0 Å². The smallest absolute Gasteiger partial charge is 0.0427 e. The van der Waals surface area contributed by atoms with Gasteiger partial charge >= 0.3 is 0 Å². The summed E-state index contributed by atoms with van der Waals surface area (Å²) in [4.78, 5) is 4.26. The first-order valence-corrected chi connectivity index (χ1v) is 3.77. The van der Waals surface area contributed by atoms with Gasteiger partial charge in [0.2, 0.25) is 0 Å². The zero-order chi connectivity index (χ0) is 8.69. The molecule has 0 aliphatic rings. The standard InChI is InChI=1S/C10H15N/c1-5-7-9(3)8-11-10(4)6-2/h1,6,9H,2,7-8H2,3-4H3. The number of aliphatic imine (C=N–C) groups is 1. The highest BCUT2D eigenvalue weighted by molar-refractivity contribution is 5.92. The molecule has 0 aromatic carbocycles. The van der Waals surface area contributed by atoms with Crippen molar-refractivity contribution in [2.24, 2.45) is 10.9 Å². The normalized spacial score (nSPS) is 13.7. The van der Waals surface area contributed by atoms with Crippen LogP contribution in [0.1, 0.15) is 20.3 Å². The second kappa shape index (κ2) is 5.73. The van der Waals surface area contributed by atoms with Crippen LogP contribution in [-0.2, 0) is 0 Å².